The molecule has 0 bridgehead atoms. The highest BCUT2D eigenvalue weighted by atomic mass is 16.2. The van der Waals surface area contributed by atoms with Gasteiger partial charge in [0.05, 0.1) is 29.4 Å². The van der Waals surface area contributed by atoms with Crippen molar-refractivity contribution in [3.63, 3.8) is 0 Å². The van der Waals surface area contributed by atoms with Crippen molar-refractivity contribution in [2.24, 2.45) is 0 Å². The Labute approximate surface area is 137 Å². The molecule has 0 radical (unpaired) electrons. The molecule has 1 N–H and O–H groups in total. The molecule has 1 amide bonds. The quantitative estimate of drug-likeness (QED) is 0.782. The van der Waals surface area contributed by atoms with Gasteiger partial charge in [-0.05, 0) is 36.8 Å². The Morgan fingerprint density at radius 3 is 2.79 bits per heavy atom. The first-order valence-electron chi connectivity index (χ1n) is 7.41. The third-order valence-corrected chi connectivity index (χ3v) is 3.75. The van der Waals surface area contributed by atoms with Gasteiger partial charge < -0.3 is 5.32 Å². The number of nitriles is 1. The minimum Gasteiger partial charge on any atom is -0.348 e. The van der Waals surface area contributed by atoms with Gasteiger partial charge in [0.15, 0.2) is 0 Å². The molecule has 24 heavy (non-hydrogen) atoms. The fourth-order valence-electron chi connectivity index (χ4n) is 2.44. The number of aromatic nitrogens is 3. The van der Waals surface area contributed by atoms with E-state index in [4.69, 9.17) is 5.26 Å². The molecule has 1 aromatic carbocycles. The summed E-state index contributed by atoms with van der Waals surface area (Å²) in [7, 11) is 0. The zero-order valence-electron chi connectivity index (χ0n) is 13.0. The lowest BCUT2D eigenvalue weighted by atomic mass is 10.1. The lowest BCUT2D eigenvalue weighted by molar-refractivity contribution is -0.122. The average molecular weight is 321 g/mol. The van der Waals surface area contributed by atoms with E-state index in [0.29, 0.717) is 11.1 Å². The molecule has 2 aromatic heterocycles. The normalized spacial score (nSPS) is 11.8. The van der Waals surface area contributed by atoms with Crippen LogP contribution in [0.1, 0.15) is 24.1 Å². The number of carbonyl (C=O) groups is 1. The molecule has 3 rings (SSSR count). The number of rotatable bonds is 4. The van der Waals surface area contributed by atoms with Crippen LogP contribution in [0.5, 0.6) is 0 Å². The van der Waals surface area contributed by atoms with E-state index >= 15 is 0 Å². The number of hydrogen-bond acceptors (Lipinski definition) is 4. The molecular weight excluding hydrogens is 306 g/mol. The highest BCUT2D eigenvalue weighted by Crippen LogP contribution is 2.12. The molecule has 0 fully saturated rings. The monoisotopic (exact) mass is 321 g/mol. The van der Waals surface area contributed by atoms with Gasteiger partial charge in [0.1, 0.15) is 6.54 Å². The first kappa shape index (κ1) is 15.5. The minimum atomic E-state index is -0.362. The van der Waals surface area contributed by atoms with Crippen LogP contribution in [0.25, 0.3) is 5.52 Å². The largest absolute Gasteiger partial charge is 0.349 e. The average Bonchev–Trinajstić information content (AvgIpc) is 3.07. The number of carbonyl (C=O) groups excluding carboxylic acids is 1. The van der Waals surface area contributed by atoms with Crippen LogP contribution >= 0.6 is 0 Å². The van der Waals surface area contributed by atoms with Gasteiger partial charge in [0.2, 0.25) is 5.91 Å². The van der Waals surface area contributed by atoms with E-state index < -0.39 is 0 Å². The number of nitrogens with zero attached hydrogens (tertiary/aromatic N) is 4. The van der Waals surface area contributed by atoms with Crippen molar-refractivity contribution in [1.29, 1.82) is 5.26 Å². The Bertz CT molecular complexity index is 979. The maximum absolute atomic E-state index is 12.2. The Morgan fingerprint density at radius 1 is 1.33 bits per heavy atom. The zero-order valence-corrected chi connectivity index (χ0v) is 13.0. The van der Waals surface area contributed by atoms with Crippen molar-refractivity contribution in [3.05, 3.63) is 70.4 Å². The van der Waals surface area contributed by atoms with Crippen LogP contribution in [-0.2, 0) is 11.3 Å². The van der Waals surface area contributed by atoms with Crippen molar-refractivity contribution >= 4 is 11.4 Å². The highest BCUT2D eigenvalue weighted by Gasteiger charge is 2.12. The summed E-state index contributed by atoms with van der Waals surface area (Å²) >= 11 is 0. The predicted octanol–water partition coefficient (Wildman–Crippen LogP) is 1.25. The Balaban J connectivity index is 1.71. The molecule has 0 aliphatic carbocycles. The molecule has 0 saturated heterocycles. The fourth-order valence-corrected chi connectivity index (χ4v) is 2.44. The maximum Gasteiger partial charge on any atom is 0.349 e. The standard InChI is InChI=1S/C17H15N5O2/c1-12(14-6-4-13(9-18)5-7-14)20-16(23)11-22-17(24)21-8-2-3-15(21)10-19-22/h2-8,10,12H,11H2,1H3,(H,20,23)/t12-/m0/s1. The fraction of sp³-hybridized carbons (Fsp3) is 0.176. The van der Waals surface area contributed by atoms with Crippen LogP contribution in [0.2, 0.25) is 0 Å². The Kier molecular flexibility index (Phi) is 4.12. The van der Waals surface area contributed by atoms with Gasteiger partial charge in [0.25, 0.3) is 0 Å². The lowest BCUT2D eigenvalue weighted by Crippen LogP contribution is -2.36. The van der Waals surface area contributed by atoms with Crippen molar-refractivity contribution < 1.29 is 4.79 Å². The molecule has 2 heterocycles. The summed E-state index contributed by atoms with van der Waals surface area (Å²) in [5.41, 5.74) is 1.76. The number of benzene rings is 1. The second-order valence-corrected chi connectivity index (χ2v) is 5.41. The molecule has 0 unspecified atom stereocenters. The molecule has 120 valence electrons. The number of amides is 1. The van der Waals surface area contributed by atoms with E-state index in [0.717, 1.165) is 10.2 Å². The summed E-state index contributed by atoms with van der Waals surface area (Å²) in [6, 6.07) is 12.3. The molecule has 0 spiro atoms. The topological polar surface area (TPSA) is 92.2 Å². The number of hydrogen-bond donors (Lipinski definition) is 1. The molecule has 1 atom stereocenters. The molecule has 7 heteroatoms. The van der Waals surface area contributed by atoms with Crippen molar-refractivity contribution in [1.82, 2.24) is 19.5 Å². The minimum absolute atomic E-state index is 0.159. The summed E-state index contributed by atoms with van der Waals surface area (Å²) in [5, 5.41) is 15.6. The van der Waals surface area contributed by atoms with E-state index in [1.807, 2.05) is 13.0 Å². The molecule has 7 nitrogen and oxygen atoms in total. The van der Waals surface area contributed by atoms with Crippen LogP contribution in [0.3, 0.4) is 0 Å². The smallest absolute Gasteiger partial charge is 0.348 e. The molecular formula is C17H15N5O2. The number of fused-ring (bicyclic) bond motifs is 1. The van der Waals surface area contributed by atoms with Crippen molar-refractivity contribution in [2.75, 3.05) is 0 Å². The maximum atomic E-state index is 12.2. The van der Waals surface area contributed by atoms with Crippen LogP contribution < -0.4 is 11.0 Å². The predicted molar refractivity (Wildman–Crippen MR) is 87.2 cm³/mol. The SMILES string of the molecule is C[C@H](NC(=O)Cn1ncc2cccn2c1=O)c1ccc(C#N)cc1. The molecule has 0 aliphatic heterocycles. The molecule has 0 saturated carbocycles. The third kappa shape index (κ3) is 3.03. The third-order valence-electron chi connectivity index (χ3n) is 3.75. The summed E-state index contributed by atoms with van der Waals surface area (Å²) in [6.07, 6.45) is 3.17. The summed E-state index contributed by atoms with van der Waals surface area (Å²) in [4.78, 5) is 24.4. The second kappa shape index (κ2) is 6.38. The first-order valence-corrected chi connectivity index (χ1v) is 7.41. The lowest BCUT2D eigenvalue weighted by Gasteiger charge is -2.14. The van der Waals surface area contributed by atoms with Crippen LogP contribution in [0.15, 0.2) is 53.6 Å². The van der Waals surface area contributed by atoms with Gasteiger partial charge in [-0.25, -0.2) is 9.48 Å². The van der Waals surface area contributed by atoms with Crippen molar-refractivity contribution in [2.45, 2.75) is 19.5 Å². The van der Waals surface area contributed by atoms with E-state index in [2.05, 4.69) is 10.4 Å². The summed E-state index contributed by atoms with van der Waals surface area (Å²) in [6.45, 7) is 1.68. The van der Waals surface area contributed by atoms with Crippen molar-refractivity contribution in [3.8, 4) is 6.07 Å². The molecule has 3 aromatic rings. The van der Waals surface area contributed by atoms with Gasteiger partial charge >= 0.3 is 5.69 Å². The Hall–Kier alpha value is -3.40. The zero-order chi connectivity index (χ0) is 17.1. The van der Waals surface area contributed by atoms with Gasteiger partial charge in [-0.3, -0.25) is 9.20 Å². The van der Waals surface area contributed by atoms with E-state index in [9.17, 15) is 9.59 Å². The Morgan fingerprint density at radius 2 is 2.08 bits per heavy atom. The second-order valence-electron chi connectivity index (χ2n) is 5.41. The van der Waals surface area contributed by atoms with Gasteiger partial charge in [-0.1, -0.05) is 12.1 Å². The summed E-state index contributed by atoms with van der Waals surface area (Å²) in [5.74, 6) is -0.312. The van der Waals surface area contributed by atoms with E-state index in [1.165, 1.54) is 4.40 Å². The van der Waals surface area contributed by atoms with Crippen LogP contribution in [-0.4, -0.2) is 20.1 Å². The first-order chi connectivity index (χ1) is 11.6. The van der Waals surface area contributed by atoms with E-state index in [1.54, 1.807) is 48.8 Å². The summed E-state index contributed by atoms with van der Waals surface area (Å²) < 4.78 is 2.55. The van der Waals surface area contributed by atoms with Gasteiger partial charge in [-0.15, -0.1) is 0 Å². The highest BCUT2D eigenvalue weighted by molar-refractivity contribution is 5.76. The number of nitrogens with one attached hydrogen (secondary N) is 1. The van der Waals surface area contributed by atoms with Gasteiger partial charge in [-0.2, -0.15) is 10.4 Å². The van der Waals surface area contributed by atoms with Crippen LogP contribution in [0, 0.1) is 11.3 Å². The van der Waals surface area contributed by atoms with E-state index in [-0.39, 0.29) is 24.2 Å². The molecule has 0 aliphatic rings. The van der Waals surface area contributed by atoms with Gasteiger partial charge in [0, 0.05) is 6.20 Å². The van der Waals surface area contributed by atoms with Crippen LogP contribution in [0.4, 0.5) is 0 Å².